The van der Waals surface area contributed by atoms with Gasteiger partial charge in [-0.05, 0) is 42.7 Å². The smallest absolute Gasteiger partial charge is 0.126 e. The van der Waals surface area contributed by atoms with Crippen LogP contribution in [0.2, 0.25) is 0 Å². The summed E-state index contributed by atoms with van der Waals surface area (Å²) in [5.74, 6) is -1.17. The number of aromatic nitrogens is 1. The molecule has 2 rings (SSSR count). The van der Waals surface area contributed by atoms with Gasteiger partial charge in [0.05, 0.1) is 0 Å². The summed E-state index contributed by atoms with van der Waals surface area (Å²) in [6.45, 7) is 1.86. The normalized spacial score (nSPS) is 12.4. The van der Waals surface area contributed by atoms with Crippen molar-refractivity contribution in [3.63, 3.8) is 0 Å². The molecule has 2 aromatic rings. The molecule has 1 aromatic carbocycles. The van der Waals surface area contributed by atoms with Crippen LogP contribution in [-0.4, -0.2) is 4.98 Å². The van der Waals surface area contributed by atoms with Crippen molar-refractivity contribution in [1.29, 1.82) is 0 Å². The predicted octanol–water partition coefficient (Wildman–Crippen LogP) is 2.91. The zero-order chi connectivity index (χ0) is 13.1. The summed E-state index contributed by atoms with van der Waals surface area (Å²) in [4.78, 5) is 4.15. The lowest BCUT2D eigenvalue weighted by molar-refractivity contribution is 0.576. The molecule has 2 nitrogen and oxygen atoms in total. The molecule has 0 saturated heterocycles. The van der Waals surface area contributed by atoms with Gasteiger partial charge in [0.25, 0.3) is 0 Å². The van der Waals surface area contributed by atoms with Gasteiger partial charge in [-0.25, -0.2) is 8.78 Å². The van der Waals surface area contributed by atoms with Gasteiger partial charge in [0.15, 0.2) is 0 Å². The largest absolute Gasteiger partial charge is 0.324 e. The van der Waals surface area contributed by atoms with E-state index in [1.807, 2.05) is 13.0 Å². The molecule has 0 fully saturated rings. The van der Waals surface area contributed by atoms with E-state index in [0.717, 1.165) is 17.3 Å². The third kappa shape index (κ3) is 2.90. The standard InChI is InChI=1S/C14H14F2N2/c1-9-13(3-2-4-18-9)14(17)7-10-5-11(15)8-12(16)6-10/h2-6,8,14H,7,17H2,1H3. The number of hydrogen-bond donors (Lipinski definition) is 1. The van der Waals surface area contributed by atoms with Gasteiger partial charge in [0.2, 0.25) is 0 Å². The van der Waals surface area contributed by atoms with Crippen LogP contribution in [0.25, 0.3) is 0 Å². The first-order valence-electron chi connectivity index (χ1n) is 5.68. The molecule has 0 spiro atoms. The quantitative estimate of drug-likeness (QED) is 0.907. The second-order valence-corrected chi connectivity index (χ2v) is 4.27. The van der Waals surface area contributed by atoms with Gasteiger partial charge in [-0.2, -0.15) is 0 Å². The van der Waals surface area contributed by atoms with Gasteiger partial charge in [-0.15, -0.1) is 0 Å². The number of pyridine rings is 1. The monoisotopic (exact) mass is 248 g/mol. The Balaban J connectivity index is 2.21. The van der Waals surface area contributed by atoms with Crippen LogP contribution in [0.15, 0.2) is 36.5 Å². The van der Waals surface area contributed by atoms with E-state index in [9.17, 15) is 8.78 Å². The molecule has 94 valence electrons. The average molecular weight is 248 g/mol. The van der Waals surface area contributed by atoms with Crippen LogP contribution in [0.1, 0.15) is 22.9 Å². The first-order chi connectivity index (χ1) is 8.56. The van der Waals surface area contributed by atoms with Crippen molar-refractivity contribution in [2.45, 2.75) is 19.4 Å². The first kappa shape index (κ1) is 12.6. The van der Waals surface area contributed by atoms with E-state index in [-0.39, 0.29) is 6.04 Å². The summed E-state index contributed by atoms with van der Waals surface area (Å²) in [5, 5.41) is 0. The Hall–Kier alpha value is -1.81. The molecule has 2 N–H and O–H groups in total. The molecule has 0 radical (unpaired) electrons. The maximum atomic E-state index is 13.1. The lowest BCUT2D eigenvalue weighted by Gasteiger charge is -2.14. The lowest BCUT2D eigenvalue weighted by atomic mass is 9.98. The van der Waals surface area contributed by atoms with Crippen LogP contribution in [-0.2, 0) is 6.42 Å². The molecule has 0 aliphatic heterocycles. The number of benzene rings is 1. The van der Waals surface area contributed by atoms with Gasteiger partial charge in [0, 0.05) is 24.0 Å². The van der Waals surface area contributed by atoms with E-state index in [4.69, 9.17) is 5.73 Å². The maximum Gasteiger partial charge on any atom is 0.126 e. The summed E-state index contributed by atoms with van der Waals surface area (Å²) in [6, 6.07) is 6.81. The fraction of sp³-hybridized carbons (Fsp3) is 0.214. The third-order valence-electron chi connectivity index (χ3n) is 2.83. The lowest BCUT2D eigenvalue weighted by Crippen LogP contribution is -2.15. The van der Waals surface area contributed by atoms with Crippen molar-refractivity contribution in [2.75, 3.05) is 0 Å². The van der Waals surface area contributed by atoms with Crippen molar-refractivity contribution < 1.29 is 8.78 Å². The topological polar surface area (TPSA) is 38.9 Å². The molecule has 1 unspecified atom stereocenters. The predicted molar refractivity (Wildman–Crippen MR) is 66.0 cm³/mol. The highest BCUT2D eigenvalue weighted by atomic mass is 19.1. The Morgan fingerprint density at radius 1 is 1.22 bits per heavy atom. The van der Waals surface area contributed by atoms with Crippen molar-refractivity contribution in [1.82, 2.24) is 4.98 Å². The molecule has 0 bridgehead atoms. The summed E-state index contributed by atoms with van der Waals surface area (Å²) in [6.07, 6.45) is 2.06. The molecule has 4 heteroatoms. The van der Waals surface area contributed by atoms with Crippen LogP contribution in [0, 0.1) is 18.6 Å². The van der Waals surface area contributed by atoms with Crippen LogP contribution in [0.4, 0.5) is 8.78 Å². The molecule has 1 heterocycles. The zero-order valence-corrected chi connectivity index (χ0v) is 10.0. The minimum Gasteiger partial charge on any atom is -0.324 e. The highest BCUT2D eigenvalue weighted by molar-refractivity contribution is 5.26. The van der Waals surface area contributed by atoms with Crippen LogP contribution < -0.4 is 5.73 Å². The minimum atomic E-state index is -0.583. The molecule has 0 aliphatic rings. The molecular formula is C14H14F2N2. The molecule has 18 heavy (non-hydrogen) atoms. The molecule has 0 aliphatic carbocycles. The van der Waals surface area contributed by atoms with Crippen molar-refractivity contribution in [3.8, 4) is 0 Å². The summed E-state index contributed by atoms with van der Waals surface area (Å²) in [5.41, 5.74) is 8.31. The van der Waals surface area contributed by atoms with E-state index in [2.05, 4.69) is 4.98 Å². The molecular weight excluding hydrogens is 234 g/mol. The highest BCUT2D eigenvalue weighted by Crippen LogP contribution is 2.19. The van der Waals surface area contributed by atoms with Gasteiger partial charge >= 0.3 is 0 Å². The molecule has 0 saturated carbocycles. The molecule has 0 amide bonds. The van der Waals surface area contributed by atoms with E-state index < -0.39 is 11.6 Å². The van der Waals surface area contributed by atoms with E-state index in [1.54, 1.807) is 12.3 Å². The number of aryl methyl sites for hydroxylation is 1. The second kappa shape index (κ2) is 5.23. The van der Waals surface area contributed by atoms with Gasteiger partial charge < -0.3 is 5.73 Å². The van der Waals surface area contributed by atoms with Gasteiger partial charge in [-0.3, -0.25) is 4.98 Å². The SMILES string of the molecule is Cc1ncccc1C(N)Cc1cc(F)cc(F)c1. The highest BCUT2D eigenvalue weighted by Gasteiger charge is 2.11. The fourth-order valence-electron chi connectivity index (χ4n) is 1.98. The van der Waals surface area contributed by atoms with E-state index in [1.165, 1.54) is 12.1 Å². The molecule has 1 aromatic heterocycles. The number of nitrogens with two attached hydrogens (primary N) is 1. The Morgan fingerprint density at radius 3 is 2.50 bits per heavy atom. The number of nitrogens with zero attached hydrogens (tertiary/aromatic N) is 1. The first-order valence-corrected chi connectivity index (χ1v) is 5.68. The number of hydrogen-bond acceptors (Lipinski definition) is 2. The Bertz CT molecular complexity index is 535. The number of rotatable bonds is 3. The summed E-state index contributed by atoms with van der Waals surface area (Å²) in [7, 11) is 0. The minimum absolute atomic E-state index is 0.320. The third-order valence-corrected chi connectivity index (χ3v) is 2.83. The second-order valence-electron chi connectivity index (χ2n) is 4.27. The summed E-state index contributed by atoms with van der Waals surface area (Å²) < 4.78 is 26.1. The van der Waals surface area contributed by atoms with Crippen LogP contribution >= 0.6 is 0 Å². The van der Waals surface area contributed by atoms with E-state index in [0.29, 0.717) is 12.0 Å². The maximum absolute atomic E-state index is 13.1. The van der Waals surface area contributed by atoms with Crippen LogP contribution in [0.5, 0.6) is 0 Å². The Morgan fingerprint density at radius 2 is 1.89 bits per heavy atom. The molecule has 1 atom stereocenters. The van der Waals surface area contributed by atoms with Crippen molar-refractivity contribution in [3.05, 3.63) is 65.0 Å². The van der Waals surface area contributed by atoms with Crippen molar-refractivity contribution in [2.24, 2.45) is 5.73 Å². The Kier molecular flexibility index (Phi) is 3.67. The van der Waals surface area contributed by atoms with E-state index >= 15 is 0 Å². The number of halogens is 2. The summed E-state index contributed by atoms with van der Waals surface area (Å²) >= 11 is 0. The zero-order valence-electron chi connectivity index (χ0n) is 10.0. The average Bonchev–Trinajstić information content (AvgIpc) is 2.27. The van der Waals surface area contributed by atoms with Gasteiger partial charge in [-0.1, -0.05) is 6.07 Å². The fourth-order valence-corrected chi connectivity index (χ4v) is 1.98. The van der Waals surface area contributed by atoms with Gasteiger partial charge in [0.1, 0.15) is 11.6 Å². The van der Waals surface area contributed by atoms with Crippen LogP contribution in [0.3, 0.4) is 0 Å². The Labute approximate surface area is 104 Å². The van der Waals surface area contributed by atoms with Crippen molar-refractivity contribution >= 4 is 0 Å².